The molecule has 0 aliphatic carbocycles. The topological polar surface area (TPSA) is 76.3 Å². The Balaban J connectivity index is 1.93. The van der Waals surface area contributed by atoms with Crippen LogP contribution in [-0.2, 0) is 6.42 Å². The van der Waals surface area contributed by atoms with Crippen molar-refractivity contribution in [2.24, 2.45) is 5.73 Å². The van der Waals surface area contributed by atoms with E-state index in [1.165, 1.54) is 4.90 Å². The van der Waals surface area contributed by atoms with Gasteiger partial charge in [0.2, 0.25) is 0 Å². The van der Waals surface area contributed by atoms with Crippen molar-refractivity contribution in [2.75, 3.05) is 0 Å². The fourth-order valence-electron chi connectivity index (χ4n) is 3.35. The number of carbonyl (C=O) groups is 2. The van der Waals surface area contributed by atoms with Gasteiger partial charge in [0.25, 0.3) is 11.8 Å². The highest BCUT2D eigenvalue weighted by Gasteiger charge is 2.44. The molecule has 130 valence electrons. The second-order valence-corrected chi connectivity index (χ2v) is 7.13. The molecule has 5 heteroatoms. The minimum Gasteiger partial charge on any atom is -0.323 e. The fourth-order valence-corrected chi connectivity index (χ4v) is 3.35. The van der Waals surface area contributed by atoms with Crippen LogP contribution in [0.2, 0.25) is 0 Å². The van der Waals surface area contributed by atoms with Gasteiger partial charge in [0.15, 0.2) is 0 Å². The summed E-state index contributed by atoms with van der Waals surface area (Å²) in [5.41, 5.74) is 9.57. The van der Waals surface area contributed by atoms with E-state index < -0.39 is 11.6 Å². The molecule has 2 N–H and O–H groups in total. The second kappa shape index (κ2) is 6.08. The summed E-state index contributed by atoms with van der Waals surface area (Å²) in [7, 11) is 0. The summed E-state index contributed by atoms with van der Waals surface area (Å²) in [6.07, 6.45) is 3.98. The highest BCUT2D eigenvalue weighted by Crippen LogP contribution is 2.32. The lowest BCUT2D eigenvalue weighted by Gasteiger charge is -2.36. The number of carbonyl (C=O) groups excluding carboxylic acids is 2. The van der Waals surface area contributed by atoms with E-state index in [1.54, 1.807) is 18.5 Å². The fraction of sp³-hybridized carbons (Fsp3) is 0.350. The number of aromatic nitrogens is 1. The Morgan fingerprint density at radius 2 is 1.92 bits per heavy atom. The van der Waals surface area contributed by atoms with Crippen LogP contribution in [0.3, 0.4) is 0 Å². The molecule has 25 heavy (non-hydrogen) atoms. The van der Waals surface area contributed by atoms with Crippen LogP contribution in [0.5, 0.6) is 0 Å². The number of pyridine rings is 1. The number of imide groups is 1. The van der Waals surface area contributed by atoms with E-state index in [9.17, 15) is 9.59 Å². The molecule has 1 aliphatic heterocycles. The monoisotopic (exact) mass is 337 g/mol. The number of fused-ring (bicyclic) bond motifs is 1. The Morgan fingerprint density at radius 3 is 2.56 bits per heavy atom. The van der Waals surface area contributed by atoms with Gasteiger partial charge in [-0.2, -0.15) is 0 Å². The molecule has 0 spiro atoms. The molecule has 0 saturated carbocycles. The molecule has 5 nitrogen and oxygen atoms in total. The molecule has 2 heterocycles. The van der Waals surface area contributed by atoms with Crippen molar-refractivity contribution in [1.82, 2.24) is 9.88 Å². The maximum absolute atomic E-state index is 13.0. The van der Waals surface area contributed by atoms with Gasteiger partial charge in [0.1, 0.15) is 0 Å². The van der Waals surface area contributed by atoms with E-state index in [1.807, 2.05) is 45.9 Å². The average Bonchev–Trinajstić information content (AvgIpc) is 2.82. The number of nitrogens with zero attached hydrogens (tertiary/aromatic N) is 2. The van der Waals surface area contributed by atoms with Crippen molar-refractivity contribution in [3.63, 3.8) is 0 Å². The molecular weight excluding hydrogens is 314 g/mol. The highest BCUT2D eigenvalue weighted by molar-refractivity contribution is 6.22. The summed E-state index contributed by atoms with van der Waals surface area (Å²) >= 11 is 0. The van der Waals surface area contributed by atoms with Gasteiger partial charge >= 0.3 is 0 Å². The molecular formula is C20H23N3O2. The summed E-state index contributed by atoms with van der Waals surface area (Å²) in [6, 6.07) is 6.97. The number of aryl methyl sites for hydroxylation is 1. The molecule has 3 rings (SSSR count). The number of benzene rings is 1. The van der Waals surface area contributed by atoms with E-state index in [0.717, 1.165) is 16.7 Å². The first-order valence-corrected chi connectivity index (χ1v) is 8.40. The van der Waals surface area contributed by atoms with Crippen molar-refractivity contribution >= 4 is 11.8 Å². The number of hydrogen-bond acceptors (Lipinski definition) is 4. The first kappa shape index (κ1) is 17.3. The smallest absolute Gasteiger partial charge is 0.262 e. The van der Waals surface area contributed by atoms with Crippen LogP contribution in [0, 0.1) is 13.8 Å². The van der Waals surface area contributed by atoms with Gasteiger partial charge in [-0.15, -0.1) is 0 Å². The van der Waals surface area contributed by atoms with Crippen LogP contribution < -0.4 is 5.73 Å². The zero-order chi connectivity index (χ0) is 18.4. The van der Waals surface area contributed by atoms with Gasteiger partial charge < -0.3 is 5.73 Å². The van der Waals surface area contributed by atoms with Crippen molar-refractivity contribution in [3.8, 4) is 0 Å². The molecule has 2 amide bonds. The summed E-state index contributed by atoms with van der Waals surface area (Å²) in [6.45, 7) is 7.52. The van der Waals surface area contributed by atoms with Gasteiger partial charge in [-0.3, -0.25) is 19.5 Å². The molecule has 0 fully saturated rings. The van der Waals surface area contributed by atoms with Crippen LogP contribution in [0.4, 0.5) is 0 Å². The van der Waals surface area contributed by atoms with Crippen molar-refractivity contribution in [1.29, 1.82) is 0 Å². The molecule has 2 atom stereocenters. The van der Waals surface area contributed by atoms with Crippen molar-refractivity contribution in [3.05, 3.63) is 64.5 Å². The number of nitrogens with two attached hydrogens (primary N) is 1. The lowest BCUT2D eigenvalue weighted by Crippen LogP contribution is -2.58. The van der Waals surface area contributed by atoms with E-state index in [-0.39, 0.29) is 11.8 Å². The zero-order valence-corrected chi connectivity index (χ0v) is 15.0. The summed E-state index contributed by atoms with van der Waals surface area (Å²) in [5, 5.41) is 0. The summed E-state index contributed by atoms with van der Waals surface area (Å²) in [4.78, 5) is 31.2. The number of hydrogen-bond donors (Lipinski definition) is 1. The lowest BCUT2D eigenvalue weighted by molar-refractivity contribution is 0.0527. The first-order valence-electron chi connectivity index (χ1n) is 8.40. The number of amides is 2. The summed E-state index contributed by atoms with van der Waals surface area (Å²) < 4.78 is 0. The maximum Gasteiger partial charge on any atom is 0.262 e. The molecule has 2 unspecified atom stereocenters. The lowest BCUT2D eigenvalue weighted by atomic mass is 9.87. The van der Waals surface area contributed by atoms with Crippen LogP contribution in [0.25, 0.3) is 0 Å². The Kier molecular flexibility index (Phi) is 4.21. The predicted octanol–water partition coefficient (Wildman–Crippen LogP) is 2.64. The van der Waals surface area contributed by atoms with E-state index in [4.69, 9.17) is 5.73 Å². The Bertz CT molecular complexity index is 844. The molecule has 2 aromatic rings. The van der Waals surface area contributed by atoms with Gasteiger partial charge in [-0.05, 0) is 62.9 Å². The first-order chi connectivity index (χ1) is 11.7. The molecule has 1 aliphatic rings. The third kappa shape index (κ3) is 2.85. The van der Waals surface area contributed by atoms with Crippen molar-refractivity contribution in [2.45, 2.75) is 45.7 Å². The van der Waals surface area contributed by atoms with Gasteiger partial charge in [-0.1, -0.05) is 12.1 Å². The minimum absolute atomic E-state index is 0.253. The number of rotatable bonds is 4. The zero-order valence-electron chi connectivity index (χ0n) is 15.0. The Labute approximate surface area is 147 Å². The maximum atomic E-state index is 13.0. The molecule has 1 aromatic carbocycles. The second-order valence-electron chi connectivity index (χ2n) is 7.13. The third-order valence-electron chi connectivity index (χ3n) is 5.27. The Hall–Kier alpha value is -2.53. The quantitative estimate of drug-likeness (QED) is 0.870. The highest BCUT2D eigenvalue weighted by atomic mass is 16.2. The van der Waals surface area contributed by atoms with Crippen molar-refractivity contribution < 1.29 is 9.59 Å². The Morgan fingerprint density at radius 1 is 1.20 bits per heavy atom. The van der Waals surface area contributed by atoms with Crippen LogP contribution in [0.15, 0.2) is 36.7 Å². The van der Waals surface area contributed by atoms with Gasteiger partial charge in [-0.25, -0.2) is 0 Å². The van der Waals surface area contributed by atoms with E-state index in [2.05, 4.69) is 4.98 Å². The van der Waals surface area contributed by atoms with Gasteiger partial charge in [0.05, 0.1) is 17.2 Å². The molecule has 0 radical (unpaired) electrons. The molecule has 0 bridgehead atoms. The van der Waals surface area contributed by atoms with Gasteiger partial charge in [0, 0.05) is 17.9 Å². The molecule has 1 aromatic heterocycles. The van der Waals surface area contributed by atoms with Crippen LogP contribution in [-0.4, -0.2) is 33.3 Å². The van der Waals surface area contributed by atoms with Crippen LogP contribution in [0.1, 0.15) is 51.3 Å². The largest absolute Gasteiger partial charge is 0.323 e. The SMILES string of the molecule is Cc1ccc2c(c1C)C(=O)N(C(C)C(C)(N)Cc1cccnc1)C2=O. The standard InChI is InChI=1S/C20H23N3O2/c1-12-7-8-16-17(13(12)2)19(25)23(18(16)24)14(3)20(4,21)10-15-6-5-9-22-11-15/h5-9,11,14H,10,21H2,1-4H3. The normalized spacial score (nSPS) is 17.4. The third-order valence-corrected chi connectivity index (χ3v) is 5.27. The average molecular weight is 337 g/mol. The predicted molar refractivity (Wildman–Crippen MR) is 96.4 cm³/mol. The van der Waals surface area contributed by atoms with E-state index in [0.29, 0.717) is 17.5 Å². The van der Waals surface area contributed by atoms with E-state index >= 15 is 0 Å². The molecule has 0 saturated heterocycles. The summed E-state index contributed by atoms with van der Waals surface area (Å²) in [5.74, 6) is -0.518. The minimum atomic E-state index is -0.765. The van der Waals surface area contributed by atoms with Crippen LogP contribution >= 0.6 is 0 Å².